The van der Waals surface area contributed by atoms with Gasteiger partial charge in [0.15, 0.2) is 0 Å². The summed E-state index contributed by atoms with van der Waals surface area (Å²) in [6.45, 7) is 4.27. The predicted octanol–water partition coefficient (Wildman–Crippen LogP) is 2.72. The molecule has 0 atom stereocenters. The number of amides is 1. The Bertz CT molecular complexity index is 349. The Balaban J connectivity index is 2.77. The van der Waals surface area contributed by atoms with Gasteiger partial charge < -0.3 is 5.32 Å². The highest BCUT2D eigenvalue weighted by molar-refractivity contribution is 5.94. The molecular weight excluding hydrogens is 186 g/mol. The third-order valence-corrected chi connectivity index (χ3v) is 2.07. The van der Waals surface area contributed by atoms with E-state index in [1.54, 1.807) is 7.05 Å². The van der Waals surface area contributed by atoms with Crippen LogP contribution in [0.2, 0.25) is 0 Å². The Morgan fingerprint density at radius 3 is 2.33 bits per heavy atom. The Kier molecular flexibility index (Phi) is 4.10. The minimum atomic E-state index is -0.0469. The largest absolute Gasteiger partial charge is 0.355 e. The zero-order valence-corrected chi connectivity index (χ0v) is 9.45. The fourth-order valence-electron chi connectivity index (χ4n) is 1.19. The molecule has 1 rings (SSSR count). The van der Waals surface area contributed by atoms with Crippen molar-refractivity contribution in [1.82, 2.24) is 5.32 Å². The van der Waals surface area contributed by atoms with E-state index in [2.05, 4.69) is 31.3 Å². The van der Waals surface area contributed by atoms with Crippen molar-refractivity contribution in [3.05, 3.63) is 41.5 Å². The van der Waals surface area contributed by atoms with E-state index >= 15 is 0 Å². The number of hydrogen-bond acceptors (Lipinski definition) is 1. The minimum Gasteiger partial charge on any atom is -0.355 e. The maximum absolute atomic E-state index is 11.3. The molecule has 0 saturated heterocycles. The van der Waals surface area contributed by atoms with Gasteiger partial charge >= 0.3 is 0 Å². The van der Waals surface area contributed by atoms with Crippen LogP contribution in [-0.2, 0) is 0 Å². The van der Waals surface area contributed by atoms with Gasteiger partial charge in [-0.3, -0.25) is 4.79 Å². The van der Waals surface area contributed by atoms with E-state index in [0.29, 0.717) is 11.5 Å². The maximum atomic E-state index is 11.3. The normalized spacial score (nSPS) is 10.9. The smallest absolute Gasteiger partial charge is 0.251 e. The molecule has 1 amide bonds. The average molecular weight is 203 g/mol. The number of nitrogens with one attached hydrogen (secondary N) is 1. The molecule has 2 nitrogen and oxygen atoms in total. The van der Waals surface area contributed by atoms with Crippen LogP contribution in [0, 0.1) is 5.92 Å². The van der Waals surface area contributed by atoms with Crippen molar-refractivity contribution in [2.24, 2.45) is 5.92 Å². The van der Waals surface area contributed by atoms with E-state index in [-0.39, 0.29) is 5.91 Å². The predicted molar refractivity (Wildman–Crippen MR) is 63.7 cm³/mol. The fourth-order valence-corrected chi connectivity index (χ4v) is 1.19. The summed E-state index contributed by atoms with van der Waals surface area (Å²) in [5.74, 6) is 0.498. The van der Waals surface area contributed by atoms with Gasteiger partial charge in [-0.15, -0.1) is 0 Å². The summed E-state index contributed by atoms with van der Waals surface area (Å²) in [6.07, 6.45) is 4.20. The maximum Gasteiger partial charge on any atom is 0.251 e. The third-order valence-electron chi connectivity index (χ3n) is 2.07. The molecule has 15 heavy (non-hydrogen) atoms. The lowest BCUT2D eigenvalue weighted by Gasteiger charge is -2.00. The van der Waals surface area contributed by atoms with Gasteiger partial charge in [-0.2, -0.15) is 0 Å². The van der Waals surface area contributed by atoms with E-state index in [9.17, 15) is 4.79 Å². The molecule has 0 aromatic heterocycles. The van der Waals surface area contributed by atoms with Gasteiger partial charge in [-0.05, 0) is 23.6 Å². The lowest BCUT2D eigenvalue weighted by Crippen LogP contribution is -2.17. The molecule has 2 heteroatoms. The van der Waals surface area contributed by atoms with Crippen molar-refractivity contribution < 1.29 is 4.79 Å². The van der Waals surface area contributed by atoms with Crippen molar-refractivity contribution in [2.45, 2.75) is 13.8 Å². The number of benzene rings is 1. The number of rotatable bonds is 3. The van der Waals surface area contributed by atoms with Crippen LogP contribution in [0.1, 0.15) is 29.8 Å². The van der Waals surface area contributed by atoms with Gasteiger partial charge in [0.05, 0.1) is 0 Å². The molecule has 1 aromatic rings. The van der Waals surface area contributed by atoms with Crippen LogP contribution in [0.25, 0.3) is 6.08 Å². The molecule has 0 radical (unpaired) electrons. The molecule has 0 saturated carbocycles. The van der Waals surface area contributed by atoms with Gasteiger partial charge in [0.2, 0.25) is 0 Å². The molecule has 0 fully saturated rings. The van der Waals surface area contributed by atoms with Gasteiger partial charge in [-0.25, -0.2) is 0 Å². The quantitative estimate of drug-likeness (QED) is 0.804. The zero-order valence-electron chi connectivity index (χ0n) is 9.45. The van der Waals surface area contributed by atoms with Crippen molar-refractivity contribution in [1.29, 1.82) is 0 Å². The number of hydrogen-bond donors (Lipinski definition) is 1. The number of carbonyl (C=O) groups is 1. The van der Waals surface area contributed by atoms with Crippen LogP contribution in [0.15, 0.2) is 30.3 Å². The summed E-state index contributed by atoms with van der Waals surface area (Å²) in [4.78, 5) is 11.3. The van der Waals surface area contributed by atoms with Gasteiger partial charge in [0.1, 0.15) is 0 Å². The van der Waals surface area contributed by atoms with Crippen molar-refractivity contribution in [3.8, 4) is 0 Å². The molecular formula is C13H17NO. The second-order valence-electron chi connectivity index (χ2n) is 3.80. The van der Waals surface area contributed by atoms with E-state index in [1.807, 2.05) is 24.3 Å². The molecule has 0 aliphatic rings. The average Bonchev–Trinajstić information content (AvgIpc) is 2.26. The summed E-state index contributed by atoms with van der Waals surface area (Å²) >= 11 is 0. The first-order valence-electron chi connectivity index (χ1n) is 5.14. The van der Waals surface area contributed by atoms with Crippen LogP contribution in [0.4, 0.5) is 0 Å². The second-order valence-corrected chi connectivity index (χ2v) is 3.80. The van der Waals surface area contributed by atoms with Crippen molar-refractivity contribution in [2.75, 3.05) is 7.05 Å². The van der Waals surface area contributed by atoms with Crippen LogP contribution >= 0.6 is 0 Å². The summed E-state index contributed by atoms with van der Waals surface area (Å²) in [7, 11) is 1.63. The third kappa shape index (κ3) is 3.58. The molecule has 0 aliphatic carbocycles. The second kappa shape index (κ2) is 5.35. The SMILES string of the molecule is CNC(=O)c1ccc(/C=C/C(C)C)cc1. The lowest BCUT2D eigenvalue weighted by molar-refractivity contribution is 0.0963. The molecule has 0 heterocycles. The topological polar surface area (TPSA) is 29.1 Å². The first kappa shape index (κ1) is 11.5. The summed E-state index contributed by atoms with van der Waals surface area (Å²) in [6, 6.07) is 7.56. The number of carbonyl (C=O) groups excluding carboxylic acids is 1. The highest BCUT2D eigenvalue weighted by Crippen LogP contribution is 2.07. The van der Waals surface area contributed by atoms with E-state index in [1.165, 1.54) is 0 Å². The van der Waals surface area contributed by atoms with Crippen LogP contribution in [0.3, 0.4) is 0 Å². The molecule has 1 N–H and O–H groups in total. The van der Waals surface area contributed by atoms with E-state index in [4.69, 9.17) is 0 Å². The number of allylic oxidation sites excluding steroid dienone is 1. The standard InChI is InChI=1S/C13H17NO/c1-10(2)4-5-11-6-8-12(9-7-11)13(15)14-3/h4-10H,1-3H3,(H,14,15)/b5-4+. The first-order chi connectivity index (χ1) is 7.13. The molecule has 0 spiro atoms. The molecule has 80 valence electrons. The van der Waals surface area contributed by atoms with Gasteiger partial charge in [-0.1, -0.05) is 38.1 Å². The highest BCUT2D eigenvalue weighted by Gasteiger charge is 2.00. The van der Waals surface area contributed by atoms with Gasteiger partial charge in [0.25, 0.3) is 5.91 Å². The molecule has 1 aromatic carbocycles. The first-order valence-corrected chi connectivity index (χ1v) is 5.14. The minimum absolute atomic E-state index is 0.0469. The van der Waals surface area contributed by atoms with Gasteiger partial charge in [0, 0.05) is 12.6 Å². The Hall–Kier alpha value is -1.57. The highest BCUT2D eigenvalue weighted by atomic mass is 16.1. The lowest BCUT2D eigenvalue weighted by atomic mass is 10.1. The molecule has 0 unspecified atom stereocenters. The van der Waals surface area contributed by atoms with Crippen LogP contribution in [0.5, 0.6) is 0 Å². The van der Waals surface area contributed by atoms with Crippen molar-refractivity contribution >= 4 is 12.0 Å². The Morgan fingerprint density at radius 2 is 1.87 bits per heavy atom. The van der Waals surface area contributed by atoms with Crippen molar-refractivity contribution in [3.63, 3.8) is 0 Å². The molecule has 0 bridgehead atoms. The summed E-state index contributed by atoms with van der Waals surface area (Å²) in [5, 5.41) is 2.59. The molecule has 0 aliphatic heterocycles. The fraction of sp³-hybridized carbons (Fsp3) is 0.308. The van der Waals surface area contributed by atoms with E-state index in [0.717, 1.165) is 5.56 Å². The Morgan fingerprint density at radius 1 is 1.27 bits per heavy atom. The zero-order chi connectivity index (χ0) is 11.3. The summed E-state index contributed by atoms with van der Waals surface area (Å²) < 4.78 is 0. The summed E-state index contributed by atoms with van der Waals surface area (Å²) in [5.41, 5.74) is 1.82. The van der Waals surface area contributed by atoms with Crippen LogP contribution < -0.4 is 5.32 Å². The Labute approximate surface area is 91.0 Å². The monoisotopic (exact) mass is 203 g/mol. The van der Waals surface area contributed by atoms with E-state index < -0.39 is 0 Å². The van der Waals surface area contributed by atoms with Crippen LogP contribution in [-0.4, -0.2) is 13.0 Å².